The molecule has 1 rings (SSSR count). The van der Waals surface area contributed by atoms with Crippen LogP contribution in [0.15, 0.2) is 18.2 Å². The molecule has 17 heavy (non-hydrogen) atoms. The van der Waals surface area contributed by atoms with Gasteiger partial charge >= 0.3 is 0 Å². The standard InChI is InChI=1S/C13H18ClNO2/c1-9(4-3-7-15)13(16)10-5-6-11(14)12(8-10)17-2/h5-6,8-9H,3-4,7,15H2,1-2H3. The van der Waals surface area contributed by atoms with Gasteiger partial charge in [-0.15, -0.1) is 0 Å². The molecule has 0 spiro atoms. The fourth-order valence-electron chi connectivity index (χ4n) is 1.65. The number of carbonyl (C=O) groups excluding carboxylic acids is 1. The molecule has 94 valence electrons. The first-order valence-corrected chi connectivity index (χ1v) is 6.05. The highest BCUT2D eigenvalue weighted by molar-refractivity contribution is 6.32. The van der Waals surface area contributed by atoms with E-state index in [2.05, 4.69) is 0 Å². The van der Waals surface area contributed by atoms with Crippen molar-refractivity contribution in [3.63, 3.8) is 0 Å². The van der Waals surface area contributed by atoms with E-state index in [1.54, 1.807) is 18.2 Å². The number of hydrogen-bond donors (Lipinski definition) is 1. The first-order chi connectivity index (χ1) is 8.10. The minimum absolute atomic E-state index is 0.0237. The lowest BCUT2D eigenvalue weighted by Crippen LogP contribution is -2.13. The Labute approximate surface area is 107 Å². The Morgan fingerprint density at radius 3 is 2.82 bits per heavy atom. The van der Waals surface area contributed by atoms with Crippen molar-refractivity contribution in [1.29, 1.82) is 0 Å². The van der Waals surface area contributed by atoms with Crippen molar-refractivity contribution in [3.05, 3.63) is 28.8 Å². The molecule has 0 amide bonds. The molecule has 1 unspecified atom stereocenters. The number of methoxy groups -OCH3 is 1. The van der Waals surface area contributed by atoms with Crippen LogP contribution >= 0.6 is 11.6 Å². The van der Waals surface area contributed by atoms with Gasteiger partial charge in [0.2, 0.25) is 0 Å². The van der Waals surface area contributed by atoms with Gasteiger partial charge < -0.3 is 10.5 Å². The Kier molecular flexibility index (Phi) is 5.45. The summed E-state index contributed by atoms with van der Waals surface area (Å²) < 4.78 is 5.09. The molecule has 0 saturated heterocycles. The van der Waals surface area contributed by atoms with Gasteiger partial charge in [0.1, 0.15) is 5.75 Å². The molecular weight excluding hydrogens is 238 g/mol. The van der Waals surface area contributed by atoms with E-state index in [9.17, 15) is 4.79 Å². The highest BCUT2D eigenvalue weighted by Gasteiger charge is 2.16. The Morgan fingerprint density at radius 2 is 2.24 bits per heavy atom. The summed E-state index contributed by atoms with van der Waals surface area (Å²) in [6.45, 7) is 2.53. The number of benzene rings is 1. The molecule has 0 heterocycles. The minimum atomic E-state index is -0.0237. The lowest BCUT2D eigenvalue weighted by molar-refractivity contribution is 0.0923. The van der Waals surface area contributed by atoms with Crippen molar-refractivity contribution < 1.29 is 9.53 Å². The van der Waals surface area contributed by atoms with Gasteiger partial charge in [-0.2, -0.15) is 0 Å². The Morgan fingerprint density at radius 1 is 1.53 bits per heavy atom. The molecule has 0 saturated carbocycles. The predicted octanol–water partition coefficient (Wildman–Crippen LogP) is 2.91. The molecule has 0 aromatic heterocycles. The third kappa shape index (κ3) is 3.72. The first-order valence-electron chi connectivity index (χ1n) is 5.68. The molecule has 0 radical (unpaired) electrons. The van der Waals surface area contributed by atoms with Crippen molar-refractivity contribution in [3.8, 4) is 5.75 Å². The molecule has 0 fully saturated rings. The third-order valence-electron chi connectivity index (χ3n) is 2.72. The highest BCUT2D eigenvalue weighted by atomic mass is 35.5. The third-order valence-corrected chi connectivity index (χ3v) is 3.04. The van der Waals surface area contributed by atoms with E-state index in [1.807, 2.05) is 6.92 Å². The molecule has 1 atom stereocenters. The molecule has 3 nitrogen and oxygen atoms in total. The summed E-state index contributed by atoms with van der Waals surface area (Å²) in [7, 11) is 1.54. The normalized spacial score (nSPS) is 12.2. The zero-order valence-corrected chi connectivity index (χ0v) is 11.0. The van der Waals surface area contributed by atoms with Gasteiger partial charge in [0.25, 0.3) is 0 Å². The molecular formula is C13H18ClNO2. The van der Waals surface area contributed by atoms with Crippen LogP contribution in [0.2, 0.25) is 5.02 Å². The summed E-state index contributed by atoms with van der Waals surface area (Å²) in [5, 5.41) is 0.513. The fourth-order valence-corrected chi connectivity index (χ4v) is 1.85. The summed E-state index contributed by atoms with van der Waals surface area (Å²) in [4.78, 5) is 12.1. The van der Waals surface area contributed by atoms with E-state index in [4.69, 9.17) is 22.1 Å². The predicted molar refractivity (Wildman–Crippen MR) is 69.8 cm³/mol. The smallest absolute Gasteiger partial charge is 0.165 e. The van der Waals surface area contributed by atoms with Crippen LogP contribution in [0.5, 0.6) is 5.75 Å². The molecule has 1 aromatic rings. The number of nitrogens with two attached hydrogens (primary N) is 1. The van der Waals surface area contributed by atoms with Crippen LogP contribution in [0.3, 0.4) is 0 Å². The number of halogens is 1. The summed E-state index contributed by atoms with van der Waals surface area (Å²) in [5.41, 5.74) is 6.07. The van der Waals surface area contributed by atoms with Crippen LogP contribution in [-0.4, -0.2) is 19.4 Å². The van der Waals surface area contributed by atoms with E-state index in [0.717, 1.165) is 12.8 Å². The Bertz CT molecular complexity index is 393. The van der Waals surface area contributed by atoms with Crippen LogP contribution in [0, 0.1) is 5.92 Å². The van der Waals surface area contributed by atoms with Crippen molar-refractivity contribution >= 4 is 17.4 Å². The second-order valence-electron chi connectivity index (χ2n) is 4.05. The zero-order valence-electron chi connectivity index (χ0n) is 10.2. The quantitative estimate of drug-likeness (QED) is 0.796. The average molecular weight is 256 g/mol. The molecule has 1 aromatic carbocycles. The summed E-state index contributed by atoms with van der Waals surface area (Å²) >= 11 is 5.91. The Hall–Kier alpha value is -1.06. The van der Waals surface area contributed by atoms with Crippen LogP contribution in [0.25, 0.3) is 0 Å². The minimum Gasteiger partial charge on any atom is -0.495 e. The van der Waals surface area contributed by atoms with Gasteiger partial charge in [0, 0.05) is 11.5 Å². The summed E-state index contributed by atoms with van der Waals surface area (Å²) in [6.07, 6.45) is 1.66. The zero-order chi connectivity index (χ0) is 12.8. The van der Waals surface area contributed by atoms with E-state index < -0.39 is 0 Å². The SMILES string of the molecule is COc1cc(C(=O)C(C)CCCN)ccc1Cl. The molecule has 0 aliphatic heterocycles. The second-order valence-corrected chi connectivity index (χ2v) is 4.45. The fraction of sp³-hybridized carbons (Fsp3) is 0.462. The molecule has 0 bridgehead atoms. The number of Topliss-reactive ketones (excluding diaryl/α,β-unsaturated/α-hetero) is 1. The van der Waals surface area contributed by atoms with E-state index in [0.29, 0.717) is 22.9 Å². The van der Waals surface area contributed by atoms with Crippen LogP contribution < -0.4 is 10.5 Å². The van der Waals surface area contributed by atoms with E-state index >= 15 is 0 Å². The van der Waals surface area contributed by atoms with Crippen molar-refractivity contribution in [1.82, 2.24) is 0 Å². The maximum atomic E-state index is 12.1. The van der Waals surface area contributed by atoms with Crippen molar-refractivity contribution in [2.75, 3.05) is 13.7 Å². The number of ether oxygens (including phenoxy) is 1. The maximum Gasteiger partial charge on any atom is 0.165 e. The summed E-state index contributed by atoms with van der Waals surface area (Å²) in [6, 6.07) is 5.10. The topological polar surface area (TPSA) is 52.3 Å². The lowest BCUT2D eigenvalue weighted by atomic mass is 9.95. The number of ketones is 1. The number of hydrogen-bond acceptors (Lipinski definition) is 3. The van der Waals surface area contributed by atoms with E-state index in [1.165, 1.54) is 7.11 Å². The van der Waals surface area contributed by atoms with Gasteiger partial charge in [0.15, 0.2) is 5.78 Å². The average Bonchev–Trinajstić information content (AvgIpc) is 2.35. The Balaban J connectivity index is 2.81. The second kappa shape index (κ2) is 6.62. The van der Waals surface area contributed by atoms with Crippen LogP contribution in [-0.2, 0) is 0 Å². The molecule has 0 aliphatic rings. The maximum absolute atomic E-state index is 12.1. The monoisotopic (exact) mass is 255 g/mol. The highest BCUT2D eigenvalue weighted by Crippen LogP contribution is 2.26. The van der Waals surface area contributed by atoms with Gasteiger partial charge in [-0.1, -0.05) is 18.5 Å². The first kappa shape index (κ1) is 14.0. The van der Waals surface area contributed by atoms with Gasteiger partial charge in [0.05, 0.1) is 12.1 Å². The molecule has 2 N–H and O–H groups in total. The molecule has 4 heteroatoms. The number of carbonyl (C=O) groups is 1. The van der Waals surface area contributed by atoms with Crippen LogP contribution in [0.4, 0.5) is 0 Å². The van der Waals surface area contributed by atoms with E-state index in [-0.39, 0.29) is 11.7 Å². The van der Waals surface area contributed by atoms with Crippen molar-refractivity contribution in [2.24, 2.45) is 11.7 Å². The number of rotatable bonds is 6. The molecule has 0 aliphatic carbocycles. The lowest BCUT2D eigenvalue weighted by Gasteiger charge is -2.11. The van der Waals surface area contributed by atoms with Gasteiger partial charge in [-0.05, 0) is 37.6 Å². The summed E-state index contributed by atoms with van der Waals surface area (Å²) in [5.74, 6) is 0.612. The largest absolute Gasteiger partial charge is 0.495 e. The van der Waals surface area contributed by atoms with Crippen LogP contribution in [0.1, 0.15) is 30.1 Å². The van der Waals surface area contributed by atoms with Crippen molar-refractivity contribution in [2.45, 2.75) is 19.8 Å². The van der Waals surface area contributed by atoms with Gasteiger partial charge in [-0.25, -0.2) is 0 Å². The van der Waals surface area contributed by atoms with Gasteiger partial charge in [-0.3, -0.25) is 4.79 Å².